The second kappa shape index (κ2) is 3.57. The highest BCUT2D eigenvalue weighted by Gasteiger charge is 2.27. The minimum atomic E-state index is 0.953. The van der Waals surface area contributed by atoms with Gasteiger partial charge < -0.3 is 4.48 Å². The normalized spacial score (nSPS) is 22.1. The van der Waals surface area contributed by atoms with E-state index in [-0.39, 0.29) is 0 Å². The van der Waals surface area contributed by atoms with Gasteiger partial charge >= 0.3 is 0 Å². The van der Waals surface area contributed by atoms with Gasteiger partial charge in [0, 0.05) is 0 Å². The summed E-state index contributed by atoms with van der Waals surface area (Å²) >= 11 is 0. The summed E-state index contributed by atoms with van der Waals surface area (Å²) in [4.78, 5) is 0. The standard InChI is InChI=1S/C10H22N/c1-4-11(2,3)10-8-6-5-7-9-10/h10H,4-9H2,1-3H3/q+1. The lowest BCUT2D eigenvalue weighted by molar-refractivity contribution is -0.914. The molecule has 0 bridgehead atoms. The molecular weight excluding hydrogens is 134 g/mol. The second-order valence-corrected chi connectivity index (χ2v) is 4.39. The Bertz CT molecular complexity index is 112. The summed E-state index contributed by atoms with van der Waals surface area (Å²) in [5, 5.41) is 0. The van der Waals surface area contributed by atoms with Gasteiger partial charge in [-0.3, -0.25) is 0 Å². The van der Waals surface area contributed by atoms with E-state index in [2.05, 4.69) is 21.0 Å². The average Bonchev–Trinajstić information content (AvgIpc) is 2.06. The highest BCUT2D eigenvalue weighted by atomic mass is 15.3. The molecule has 1 nitrogen and oxygen atoms in total. The van der Waals surface area contributed by atoms with Gasteiger partial charge in [0.05, 0.1) is 26.7 Å². The summed E-state index contributed by atoms with van der Waals surface area (Å²) in [6, 6.07) is 0.953. The summed E-state index contributed by atoms with van der Waals surface area (Å²) in [6.45, 7) is 3.58. The first-order chi connectivity index (χ1) is 5.17. The van der Waals surface area contributed by atoms with Crippen LogP contribution in [-0.2, 0) is 0 Å². The van der Waals surface area contributed by atoms with Crippen LogP contribution >= 0.6 is 0 Å². The molecule has 0 aromatic heterocycles. The number of hydrogen-bond acceptors (Lipinski definition) is 0. The molecular formula is C10H22N+. The lowest BCUT2D eigenvalue weighted by atomic mass is 9.93. The molecule has 11 heavy (non-hydrogen) atoms. The Hall–Kier alpha value is -0.0400. The summed E-state index contributed by atoms with van der Waals surface area (Å²) < 4.78 is 1.24. The molecule has 1 rings (SSSR count). The monoisotopic (exact) mass is 156 g/mol. The predicted octanol–water partition coefficient (Wildman–Crippen LogP) is 2.42. The van der Waals surface area contributed by atoms with Gasteiger partial charge in [-0.05, 0) is 32.6 Å². The summed E-state index contributed by atoms with van der Waals surface area (Å²) in [6.07, 6.45) is 7.32. The Morgan fingerprint density at radius 2 is 1.64 bits per heavy atom. The molecule has 0 amide bonds. The van der Waals surface area contributed by atoms with Crippen LogP contribution in [-0.4, -0.2) is 31.2 Å². The third-order valence-corrected chi connectivity index (χ3v) is 3.38. The van der Waals surface area contributed by atoms with E-state index in [4.69, 9.17) is 0 Å². The maximum absolute atomic E-state index is 2.37. The van der Waals surface area contributed by atoms with E-state index in [0.717, 1.165) is 6.04 Å². The third kappa shape index (κ3) is 2.19. The molecule has 66 valence electrons. The fourth-order valence-electron chi connectivity index (χ4n) is 2.04. The van der Waals surface area contributed by atoms with Crippen molar-refractivity contribution in [1.82, 2.24) is 0 Å². The van der Waals surface area contributed by atoms with E-state index in [1.54, 1.807) is 0 Å². The van der Waals surface area contributed by atoms with Crippen molar-refractivity contribution in [1.29, 1.82) is 0 Å². The fourth-order valence-corrected chi connectivity index (χ4v) is 2.04. The largest absolute Gasteiger partial charge is 0.326 e. The Morgan fingerprint density at radius 3 is 2.09 bits per heavy atom. The fraction of sp³-hybridized carbons (Fsp3) is 1.00. The number of nitrogens with zero attached hydrogens (tertiary/aromatic N) is 1. The van der Waals surface area contributed by atoms with Crippen LogP contribution in [0.15, 0.2) is 0 Å². The van der Waals surface area contributed by atoms with Gasteiger partial charge in [0.15, 0.2) is 0 Å². The number of rotatable bonds is 2. The molecule has 0 saturated heterocycles. The van der Waals surface area contributed by atoms with Crippen LogP contribution in [0, 0.1) is 0 Å². The van der Waals surface area contributed by atoms with Crippen LogP contribution in [0.5, 0.6) is 0 Å². The molecule has 1 aliphatic carbocycles. The van der Waals surface area contributed by atoms with E-state index in [1.807, 2.05) is 0 Å². The molecule has 0 aliphatic heterocycles. The SMILES string of the molecule is CC[N+](C)(C)C1CCCCC1. The van der Waals surface area contributed by atoms with Gasteiger partial charge in [0.1, 0.15) is 0 Å². The lowest BCUT2D eigenvalue weighted by Crippen LogP contribution is -2.49. The predicted molar refractivity (Wildman–Crippen MR) is 49.5 cm³/mol. The molecule has 1 heteroatoms. The molecule has 1 saturated carbocycles. The topological polar surface area (TPSA) is 0 Å². The molecule has 1 aliphatic rings. The van der Waals surface area contributed by atoms with Gasteiger partial charge in [-0.25, -0.2) is 0 Å². The van der Waals surface area contributed by atoms with Crippen LogP contribution in [0.4, 0.5) is 0 Å². The minimum Gasteiger partial charge on any atom is -0.326 e. The number of hydrogen-bond donors (Lipinski definition) is 0. The molecule has 0 N–H and O–H groups in total. The maximum Gasteiger partial charge on any atom is 0.0886 e. The Kier molecular flexibility index (Phi) is 2.94. The zero-order valence-electron chi connectivity index (χ0n) is 8.27. The molecule has 0 spiro atoms. The Morgan fingerprint density at radius 1 is 1.09 bits per heavy atom. The Balaban J connectivity index is 2.43. The van der Waals surface area contributed by atoms with Gasteiger partial charge in [0.25, 0.3) is 0 Å². The average molecular weight is 156 g/mol. The molecule has 0 heterocycles. The van der Waals surface area contributed by atoms with E-state index < -0.39 is 0 Å². The third-order valence-electron chi connectivity index (χ3n) is 3.38. The molecule has 1 fully saturated rings. The van der Waals surface area contributed by atoms with Gasteiger partial charge in [-0.2, -0.15) is 0 Å². The maximum atomic E-state index is 2.37. The molecule has 0 radical (unpaired) electrons. The van der Waals surface area contributed by atoms with Crippen molar-refractivity contribution in [2.45, 2.75) is 45.1 Å². The summed E-state index contributed by atoms with van der Waals surface area (Å²) in [7, 11) is 4.74. The molecule has 0 aromatic carbocycles. The van der Waals surface area contributed by atoms with Gasteiger partial charge in [0.2, 0.25) is 0 Å². The summed E-state index contributed by atoms with van der Waals surface area (Å²) in [5.41, 5.74) is 0. The van der Waals surface area contributed by atoms with Crippen LogP contribution in [0.2, 0.25) is 0 Å². The molecule has 0 atom stereocenters. The highest BCUT2D eigenvalue weighted by molar-refractivity contribution is 4.65. The van der Waals surface area contributed by atoms with Crippen LogP contribution in [0.3, 0.4) is 0 Å². The number of quaternary nitrogens is 1. The lowest BCUT2D eigenvalue weighted by Gasteiger charge is -2.39. The Labute approximate surface area is 71.0 Å². The van der Waals surface area contributed by atoms with E-state index in [0.29, 0.717) is 0 Å². The van der Waals surface area contributed by atoms with Gasteiger partial charge in [-0.1, -0.05) is 6.42 Å². The second-order valence-electron chi connectivity index (χ2n) is 4.39. The zero-order valence-corrected chi connectivity index (χ0v) is 8.27. The quantitative estimate of drug-likeness (QED) is 0.539. The summed E-state index contributed by atoms with van der Waals surface area (Å²) in [5.74, 6) is 0. The molecule has 0 unspecified atom stereocenters. The van der Waals surface area contributed by atoms with Gasteiger partial charge in [-0.15, -0.1) is 0 Å². The minimum absolute atomic E-state index is 0.953. The van der Waals surface area contributed by atoms with E-state index >= 15 is 0 Å². The molecule has 0 aromatic rings. The first-order valence-electron chi connectivity index (χ1n) is 4.99. The van der Waals surface area contributed by atoms with Crippen molar-refractivity contribution in [2.24, 2.45) is 0 Å². The highest BCUT2D eigenvalue weighted by Crippen LogP contribution is 2.24. The zero-order chi connectivity index (χ0) is 8.32. The van der Waals surface area contributed by atoms with Crippen molar-refractivity contribution in [3.05, 3.63) is 0 Å². The van der Waals surface area contributed by atoms with Crippen LogP contribution in [0.1, 0.15) is 39.0 Å². The van der Waals surface area contributed by atoms with Crippen LogP contribution < -0.4 is 0 Å². The van der Waals surface area contributed by atoms with E-state index in [1.165, 1.54) is 43.1 Å². The van der Waals surface area contributed by atoms with Crippen molar-refractivity contribution in [3.63, 3.8) is 0 Å². The van der Waals surface area contributed by atoms with E-state index in [9.17, 15) is 0 Å². The van der Waals surface area contributed by atoms with Crippen molar-refractivity contribution >= 4 is 0 Å². The van der Waals surface area contributed by atoms with Crippen molar-refractivity contribution in [2.75, 3.05) is 20.6 Å². The first-order valence-corrected chi connectivity index (χ1v) is 4.99. The first kappa shape index (κ1) is 9.05. The van der Waals surface area contributed by atoms with Crippen molar-refractivity contribution < 1.29 is 4.48 Å². The van der Waals surface area contributed by atoms with Crippen molar-refractivity contribution in [3.8, 4) is 0 Å². The van der Waals surface area contributed by atoms with Crippen LogP contribution in [0.25, 0.3) is 0 Å². The smallest absolute Gasteiger partial charge is 0.0886 e.